The van der Waals surface area contributed by atoms with E-state index in [0.29, 0.717) is 17.5 Å². The summed E-state index contributed by atoms with van der Waals surface area (Å²) in [6, 6.07) is 83.9. The van der Waals surface area contributed by atoms with E-state index < -0.39 is 5.41 Å². The van der Waals surface area contributed by atoms with Crippen LogP contribution < -0.4 is 4.74 Å². The van der Waals surface area contributed by atoms with Gasteiger partial charge < -0.3 is 4.74 Å². The topological polar surface area (TPSA) is 47.9 Å². The Balaban J connectivity index is 0.973. The molecular formula is C62H39N3O. The molecule has 1 unspecified atom stereocenters. The maximum Gasteiger partial charge on any atom is 0.164 e. The second-order valence-electron chi connectivity index (χ2n) is 17.1. The van der Waals surface area contributed by atoms with Gasteiger partial charge in [-0.05, 0) is 96.7 Å². The van der Waals surface area contributed by atoms with E-state index in [2.05, 4.69) is 218 Å². The predicted molar refractivity (Wildman–Crippen MR) is 267 cm³/mol. The van der Waals surface area contributed by atoms with Gasteiger partial charge in [0.15, 0.2) is 17.5 Å². The van der Waals surface area contributed by atoms with E-state index in [1.165, 1.54) is 44.2 Å². The molecule has 4 nitrogen and oxygen atoms in total. The third kappa shape index (κ3) is 6.11. The average Bonchev–Trinajstić information content (AvgIpc) is 3.68. The summed E-state index contributed by atoms with van der Waals surface area (Å²) in [6.45, 7) is 0. The van der Waals surface area contributed by atoms with Crippen molar-refractivity contribution in [1.29, 1.82) is 0 Å². The minimum absolute atomic E-state index is 0.610. The molecule has 0 amide bonds. The fraction of sp³-hybridized carbons (Fsp3) is 0.0161. The van der Waals surface area contributed by atoms with Crippen LogP contribution in [0.2, 0.25) is 0 Å². The van der Waals surface area contributed by atoms with Crippen molar-refractivity contribution in [3.05, 3.63) is 259 Å². The van der Waals surface area contributed by atoms with E-state index in [1.54, 1.807) is 0 Å². The van der Waals surface area contributed by atoms with Gasteiger partial charge in [-0.2, -0.15) is 0 Å². The van der Waals surface area contributed by atoms with Crippen molar-refractivity contribution in [3.63, 3.8) is 0 Å². The van der Waals surface area contributed by atoms with E-state index in [9.17, 15) is 0 Å². The van der Waals surface area contributed by atoms with Crippen LogP contribution in [0.1, 0.15) is 22.3 Å². The Bertz CT molecular complexity index is 3680. The summed E-state index contributed by atoms with van der Waals surface area (Å²) in [5, 5.41) is 2.42. The minimum Gasteiger partial charge on any atom is -0.457 e. The first-order chi connectivity index (χ1) is 32.7. The van der Waals surface area contributed by atoms with Crippen LogP contribution in [-0.2, 0) is 5.41 Å². The van der Waals surface area contributed by atoms with E-state index in [0.717, 1.165) is 61.6 Å². The van der Waals surface area contributed by atoms with Gasteiger partial charge in [0.05, 0.1) is 5.41 Å². The SMILES string of the molecule is c1ccc(-c2ccc(-c3ccc4c(c3)Oc3ccccc3C43c4ccccc4-c4ccc(-c5nc(-c6ccccc6)nc(-c6cccc(-c7ccc8ccccc8c7)c6)n5)cc43)cc2)cc1. The zero-order valence-electron chi connectivity index (χ0n) is 35.8. The molecule has 11 aromatic rings. The molecule has 0 fully saturated rings. The Morgan fingerprint density at radius 1 is 0.258 bits per heavy atom. The normalized spacial score (nSPS) is 14.2. The van der Waals surface area contributed by atoms with Gasteiger partial charge in [-0.1, -0.05) is 206 Å². The molecule has 0 saturated carbocycles. The number of rotatable bonds is 6. The molecule has 4 heteroatoms. The maximum atomic E-state index is 6.92. The fourth-order valence-corrected chi connectivity index (χ4v) is 10.3. The third-order valence-electron chi connectivity index (χ3n) is 13.4. The molecule has 13 rings (SSSR count). The summed E-state index contributed by atoms with van der Waals surface area (Å²) >= 11 is 0. The molecule has 1 atom stereocenters. The first-order valence-electron chi connectivity index (χ1n) is 22.4. The van der Waals surface area contributed by atoms with Crippen molar-refractivity contribution >= 4 is 10.8 Å². The zero-order valence-corrected chi connectivity index (χ0v) is 35.8. The highest BCUT2D eigenvalue weighted by molar-refractivity contribution is 5.91. The molecular weight excluding hydrogens is 803 g/mol. The Hall–Kier alpha value is -8.73. The highest BCUT2D eigenvalue weighted by Crippen LogP contribution is 2.62. The highest BCUT2D eigenvalue weighted by atomic mass is 16.5. The molecule has 2 aliphatic rings. The van der Waals surface area contributed by atoms with Gasteiger partial charge in [-0.15, -0.1) is 0 Å². The number of para-hydroxylation sites is 1. The quantitative estimate of drug-likeness (QED) is 0.167. The average molecular weight is 842 g/mol. The monoisotopic (exact) mass is 841 g/mol. The molecule has 1 aliphatic carbocycles. The largest absolute Gasteiger partial charge is 0.457 e. The minimum atomic E-state index is -0.673. The number of hydrogen-bond acceptors (Lipinski definition) is 4. The van der Waals surface area contributed by atoms with Crippen molar-refractivity contribution in [2.45, 2.75) is 5.41 Å². The summed E-state index contributed by atoms with van der Waals surface area (Å²) in [4.78, 5) is 15.7. The van der Waals surface area contributed by atoms with E-state index in [-0.39, 0.29) is 0 Å². The molecule has 0 N–H and O–H groups in total. The number of nitrogens with zero attached hydrogens (tertiary/aromatic N) is 3. The standard InChI is InChI=1S/C62H39N3O/c1-3-14-40(15-4-1)42-26-28-43(29-27-42)48-33-35-55-58(39-48)66-57-25-12-11-24-54(57)62(55)53-23-10-9-22-51(53)52-34-32-50(38-56(52)62)61-64-59(44-17-5-2-6-18-44)63-60(65-61)49-21-13-20-46(37-49)47-31-30-41-16-7-8-19-45(41)36-47/h1-39H. The van der Waals surface area contributed by atoms with E-state index in [4.69, 9.17) is 19.7 Å². The van der Waals surface area contributed by atoms with Gasteiger partial charge >= 0.3 is 0 Å². The summed E-state index contributed by atoms with van der Waals surface area (Å²) in [5.74, 6) is 3.53. The summed E-state index contributed by atoms with van der Waals surface area (Å²) < 4.78 is 6.92. The molecule has 1 spiro atoms. The Kier molecular flexibility index (Phi) is 8.72. The van der Waals surface area contributed by atoms with Crippen LogP contribution in [0, 0.1) is 0 Å². The molecule has 0 bridgehead atoms. The van der Waals surface area contributed by atoms with Crippen molar-refractivity contribution in [1.82, 2.24) is 15.0 Å². The number of fused-ring (bicyclic) bond motifs is 10. The first-order valence-corrected chi connectivity index (χ1v) is 22.4. The third-order valence-corrected chi connectivity index (χ3v) is 13.4. The van der Waals surface area contributed by atoms with Crippen LogP contribution in [0.15, 0.2) is 237 Å². The van der Waals surface area contributed by atoms with Gasteiger partial charge in [-0.3, -0.25) is 0 Å². The van der Waals surface area contributed by atoms with E-state index >= 15 is 0 Å². The van der Waals surface area contributed by atoms with Gasteiger partial charge in [0.25, 0.3) is 0 Å². The molecule has 66 heavy (non-hydrogen) atoms. The predicted octanol–water partition coefficient (Wildman–Crippen LogP) is 15.5. The number of aromatic nitrogens is 3. The van der Waals surface area contributed by atoms with Gasteiger partial charge in [0.1, 0.15) is 11.5 Å². The molecule has 10 aromatic carbocycles. The zero-order chi connectivity index (χ0) is 43.6. The fourth-order valence-electron chi connectivity index (χ4n) is 10.3. The van der Waals surface area contributed by atoms with Crippen LogP contribution in [-0.4, -0.2) is 15.0 Å². The number of ether oxygens (including phenoxy) is 1. The lowest BCUT2D eigenvalue weighted by Gasteiger charge is -2.39. The number of hydrogen-bond donors (Lipinski definition) is 0. The first kappa shape index (κ1) is 37.8. The molecule has 308 valence electrons. The smallest absolute Gasteiger partial charge is 0.164 e. The molecule has 2 heterocycles. The lowest BCUT2D eigenvalue weighted by molar-refractivity contribution is 0.436. The van der Waals surface area contributed by atoms with Gasteiger partial charge in [0, 0.05) is 27.8 Å². The Labute approximate surface area is 383 Å². The van der Waals surface area contributed by atoms with Crippen molar-refractivity contribution < 1.29 is 4.74 Å². The van der Waals surface area contributed by atoms with Gasteiger partial charge in [0.2, 0.25) is 0 Å². The van der Waals surface area contributed by atoms with Crippen molar-refractivity contribution in [3.8, 4) is 90.2 Å². The van der Waals surface area contributed by atoms with Crippen LogP contribution in [0.5, 0.6) is 11.5 Å². The Morgan fingerprint density at radius 2 is 0.742 bits per heavy atom. The van der Waals surface area contributed by atoms with Crippen LogP contribution in [0.3, 0.4) is 0 Å². The highest BCUT2D eigenvalue weighted by Gasteiger charge is 2.51. The molecule has 0 radical (unpaired) electrons. The van der Waals surface area contributed by atoms with Crippen LogP contribution in [0.25, 0.3) is 89.4 Å². The summed E-state index contributed by atoms with van der Waals surface area (Å²) in [7, 11) is 0. The summed E-state index contributed by atoms with van der Waals surface area (Å²) in [6.07, 6.45) is 0. The van der Waals surface area contributed by atoms with Gasteiger partial charge in [-0.25, -0.2) is 15.0 Å². The summed E-state index contributed by atoms with van der Waals surface area (Å²) in [5.41, 5.74) is 15.9. The lowest BCUT2D eigenvalue weighted by atomic mass is 9.65. The Morgan fingerprint density at radius 3 is 1.53 bits per heavy atom. The molecule has 1 aromatic heterocycles. The lowest BCUT2D eigenvalue weighted by Crippen LogP contribution is -2.32. The molecule has 1 aliphatic heterocycles. The second-order valence-corrected chi connectivity index (χ2v) is 17.1. The van der Waals surface area contributed by atoms with Crippen molar-refractivity contribution in [2.24, 2.45) is 0 Å². The van der Waals surface area contributed by atoms with Crippen LogP contribution in [0.4, 0.5) is 0 Å². The maximum absolute atomic E-state index is 6.92. The van der Waals surface area contributed by atoms with E-state index in [1.807, 2.05) is 18.2 Å². The van der Waals surface area contributed by atoms with Crippen LogP contribution >= 0.6 is 0 Å². The second kappa shape index (κ2) is 15.2. The number of benzene rings is 10. The molecule has 0 saturated heterocycles. The van der Waals surface area contributed by atoms with Crippen molar-refractivity contribution in [2.75, 3.05) is 0 Å².